The zero-order valence-electron chi connectivity index (χ0n) is 8.67. The maximum atomic E-state index is 11.4. The Labute approximate surface area is 101 Å². The second-order valence-corrected chi connectivity index (χ2v) is 4.70. The van der Waals surface area contributed by atoms with Crippen LogP contribution in [-0.2, 0) is 16.0 Å². The third kappa shape index (κ3) is 2.45. The fourth-order valence-electron chi connectivity index (χ4n) is 1.25. The van der Waals surface area contributed by atoms with Crippen molar-refractivity contribution in [1.82, 2.24) is 9.97 Å². The predicted octanol–water partition coefficient (Wildman–Crippen LogP) is 2.37. The van der Waals surface area contributed by atoms with E-state index in [2.05, 4.69) is 9.97 Å². The van der Waals surface area contributed by atoms with E-state index in [1.807, 2.05) is 5.38 Å². The molecule has 0 saturated carbocycles. The van der Waals surface area contributed by atoms with Gasteiger partial charge in [-0.25, -0.2) is 9.97 Å². The lowest BCUT2D eigenvalue weighted by Gasteiger charge is -2.00. The number of carbonyl (C=O) groups is 1. The first-order chi connectivity index (χ1) is 7.81. The molecule has 2 rings (SSSR count). The minimum Gasteiger partial charge on any atom is -0.466 e. The summed E-state index contributed by atoms with van der Waals surface area (Å²) in [7, 11) is 0. The molecule has 0 fully saturated rings. The third-order valence-corrected chi connectivity index (χ3v) is 3.68. The van der Waals surface area contributed by atoms with E-state index in [0.29, 0.717) is 6.61 Å². The van der Waals surface area contributed by atoms with Gasteiger partial charge in [0.2, 0.25) is 0 Å². The van der Waals surface area contributed by atoms with E-state index in [1.165, 1.54) is 11.3 Å². The van der Waals surface area contributed by atoms with Gasteiger partial charge in [0.25, 0.3) is 0 Å². The smallest absolute Gasteiger partial charge is 0.311 e. The van der Waals surface area contributed by atoms with Gasteiger partial charge in [-0.2, -0.15) is 0 Å². The summed E-state index contributed by atoms with van der Waals surface area (Å²) in [5.74, 6) is -0.244. The van der Waals surface area contributed by atoms with Gasteiger partial charge >= 0.3 is 5.97 Å². The molecule has 2 aromatic heterocycles. The molecular formula is C10H10N2O2S2. The van der Waals surface area contributed by atoms with Crippen molar-refractivity contribution in [3.05, 3.63) is 22.8 Å². The molecule has 0 spiro atoms. The van der Waals surface area contributed by atoms with Gasteiger partial charge in [0.1, 0.15) is 5.01 Å². The molecule has 0 saturated heterocycles. The van der Waals surface area contributed by atoms with Gasteiger partial charge < -0.3 is 4.74 Å². The Hall–Kier alpha value is -1.27. The van der Waals surface area contributed by atoms with Gasteiger partial charge in [-0.1, -0.05) is 0 Å². The molecule has 84 valence electrons. The molecule has 0 aliphatic rings. The van der Waals surface area contributed by atoms with Crippen molar-refractivity contribution in [2.75, 3.05) is 6.61 Å². The number of hydrogen-bond donors (Lipinski definition) is 0. The number of rotatable bonds is 4. The molecule has 6 heteroatoms. The van der Waals surface area contributed by atoms with Crippen molar-refractivity contribution in [1.29, 1.82) is 0 Å². The van der Waals surface area contributed by atoms with E-state index in [0.717, 1.165) is 15.6 Å². The van der Waals surface area contributed by atoms with Crippen LogP contribution in [0.15, 0.2) is 17.1 Å². The Morgan fingerprint density at radius 2 is 2.31 bits per heavy atom. The quantitative estimate of drug-likeness (QED) is 0.786. The first kappa shape index (κ1) is 11.2. The number of carbonyl (C=O) groups excluding carboxylic acids is 1. The van der Waals surface area contributed by atoms with Crippen molar-refractivity contribution >= 4 is 28.6 Å². The molecule has 16 heavy (non-hydrogen) atoms. The van der Waals surface area contributed by atoms with Crippen LogP contribution in [0.25, 0.3) is 9.88 Å². The molecule has 0 atom stereocenters. The highest BCUT2D eigenvalue weighted by molar-refractivity contribution is 7.20. The highest BCUT2D eigenvalue weighted by atomic mass is 32.1. The highest BCUT2D eigenvalue weighted by Gasteiger charge is 2.14. The van der Waals surface area contributed by atoms with Gasteiger partial charge in [0.15, 0.2) is 0 Å². The molecule has 2 aromatic rings. The van der Waals surface area contributed by atoms with E-state index < -0.39 is 0 Å². The van der Waals surface area contributed by atoms with E-state index in [1.54, 1.807) is 30.0 Å². The second kappa shape index (κ2) is 5.18. The zero-order chi connectivity index (χ0) is 11.4. The molecule has 2 heterocycles. The van der Waals surface area contributed by atoms with Crippen LogP contribution in [0.2, 0.25) is 0 Å². The van der Waals surface area contributed by atoms with Crippen LogP contribution in [0.4, 0.5) is 0 Å². The van der Waals surface area contributed by atoms with E-state index in [4.69, 9.17) is 4.74 Å². The predicted molar refractivity (Wildman–Crippen MR) is 63.6 cm³/mol. The van der Waals surface area contributed by atoms with Crippen LogP contribution < -0.4 is 0 Å². The molecule has 4 nitrogen and oxygen atoms in total. The lowest BCUT2D eigenvalue weighted by molar-refractivity contribution is -0.142. The fraction of sp³-hybridized carbons (Fsp3) is 0.300. The van der Waals surface area contributed by atoms with Crippen LogP contribution in [0.3, 0.4) is 0 Å². The Kier molecular flexibility index (Phi) is 3.63. The number of hydrogen-bond acceptors (Lipinski definition) is 6. The molecule has 0 amide bonds. The average Bonchev–Trinajstić information content (AvgIpc) is 2.86. The van der Waals surface area contributed by atoms with E-state index >= 15 is 0 Å². The average molecular weight is 254 g/mol. The first-order valence-electron chi connectivity index (χ1n) is 4.79. The maximum absolute atomic E-state index is 11.4. The van der Waals surface area contributed by atoms with Crippen LogP contribution in [0, 0.1) is 0 Å². The molecule has 0 aliphatic carbocycles. The monoisotopic (exact) mass is 254 g/mol. The van der Waals surface area contributed by atoms with Crippen molar-refractivity contribution in [2.24, 2.45) is 0 Å². The van der Waals surface area contributed by atoms with Crippen molar-refractivity contribution in [3.63, 3.8) is 0 Å². The Morgan fingerprint density at radius 1 is 1.44 bits per heavy atom. The maximum Gasteiger partial charge on any atom is 0.311 e. The first-order valence-corrected chi connectivity index (χ1v) is 6.55. The molecule has 0 aromatic carbocycles. The minimum absolute atomic E-state index is 0.215. The number of esters is 1. The van der Waals surface area contributed by atoms with Gasteiger partial charge in [-0.15, -0.1) is 22.7 Å². The van der Waals surface area contributed by atoms with Gasteiger partial charge in [-0.05, 0) is 6.92 Å². The summed E-state index contributed by atoms with van der Waals surface area (Å²) in [6, 6.07) is 0. The minimum atomic E-state index is -0.244. The number of aromatic nitrogens is 2. The van der Waals surface area contributed by atoms with Gasteiger partial charge in [0.05, 0.1) is 29.1 Å². The van der Waals surface area contributed by atoms with Crippen LogP contribution in [0.1, 0.15) is 12.6 Å². The van der Waals surface area contributed by atoms with Gasteiger partial charge in [-0.3, -0.25) is 4.79 Å². The summed E-state index contributed by atoms with van der Waals surface area (Å²) >= 11 is 3.04. The summed E-state index contributed by atoms with van der Waals surface area (Å²) in [6.07, 6.45) is 1.96. The molecule has 0 N–H and O–H groups in total. The van der Waals surface area contributed by atoms with Crippen LogP contribution >= 0.6 is 22.7 Å². The SMILES string of the molecule is CCOC(=O)Cc1ncsc1-c1nccs1. The van der Waals surface area contributed by atoms with Crippen LogP contribution in [0.5, 0.6) is 0 Å². The molecule has 0 aliphatic heterocycles. The van der Waals surface area contributed by atoms with Gasteiger partial charge in [0, 0.05) is 11.6 Å². The topological polar surface area (TPSA) is 52.1 Å². The highest BCUT2D eigenvalue weighted by Crippen LogP contribution is 2.29. The second-order valence-electron chi connectivity index (χ2n) is 2.95. The summed E-state index contributed by atoms with van der Waals surface area (Å²) in [4.78, 5) is 20.7. The normalized spacial score (nSPS) is 10.3. The lowest BCUT2D eigenvalue weighted by atomic mass is 10.3. The zero-order valence-corrected chi connectivity index (χ0v) is 10.3. The number of thiazole rings is 2. The Bertz CT molecular complexity index is 465. The number of ether oxygens (including phenoxy) is 1. The van der Waals surface area contributed by atoms with Crippen LogP contribution in [-0.4, -0.2) is 22.5 Å². The lowest BCUT2D eigenvalue weighted by Crippen LogP contribution is -2.08. The summed E-state index contributed by atoms with van der Waals surface area (Å²) in [5, 5.41) is 2.81. The Balaban J connectivity index is 2.17. The summed E-state index contributed by atoms with van der Waals surface area (Å²) in [6.45, 7) is 2.19. The van der Waals surface area contributed by atoms with Crippen molar-refractivity contribution in [2.45, 2.75) is 13.3 Å². The summed E-state index contributed by atoms with van der Waals surface area (Å²) < 4.78 is 4.90. The molecular weight excluding hydrogens is 244 g/mol. The van der Waals surface area contributed by atoms with E-state index in [9.17, 15) is 4.79 Å². The van der Waals surface area contributed by atoms with Crippen molar-refractivity contribution in [3.8, 4) is 9.88 Å². The molecule has 0 bridgehead atoms. The largest absolute Gasteiger partial charge is 0.466 e. The standard InChI is InChI=1S/C10H10N2O2S2/c1-2-14-8(13)5-7-9(16-6-12-7)10-11-3-4-15-10/h3-4,6H,2,5H2,1H3. The summed E-state index contributed by atoms with van der Waals surface area (Å²) in [5.41, 5.74) is 2.48. The Morgan fingerprint density at radius 3 is 3.00 bits per heavy atom. The number of nitrogens with zero attached hydrogens (tertiary/aromatic N) is 2. The molecule has 0 unspecified atom stereocenters. The molecule has 0 radical (unpaired) electrons. The fourth-order valence-corrected chi connectivity index (χ4v) is 2.84. The van der Waals surface area contributed by atoms with E-state index in [-0.39, 0.29) is 12.4 Å². The van der Waals surface area contributed by atoms with Crippen molar-refractivity contribution < 1.29 is 9.53 Å². The third-order valence-electron chi connectivity index (χ3n) is 1.88.